The summed E-state index contributed by atoms with van der Waals surface area (Å²) in [5.74, 6) is 6.32. The Labute approximate surface area is 86.3 Å². The zero-order valence-electron chi connectivity index (χ0n) is 8.93. The van der Waals surface area contributed by atoms with Crippen molar-refractivity contribution in [2.75, 3.05) is 5.73 Å². The molecule has 1 rings (SSSR count). The van der Waals surface area contributed by atoms with E-state index in [1.807, 2.05) is 18.2 Å². The minimum atomic E-state index is 0.787. The van der Waals surface area contributed by atoms with Crippen LogP contribution in [-0.2, 0) is 0 Å². The monoisotopic (exact) mass is 187 g/mol. The molecule has 0 saturated carbocycles. The van der Waals surface area contributed by atoms with Gasteiger partial charge in [0.05, 0.1) is 0 Å². The first kappa shape index (κ1) is 10.7. The molecule has 2 N–H and O–H groups in total. The molecular weight excluding hydrogens is 170 g/mol. The first-order valence-electron chi connectivity index (χ1n) is 5.09. The van der Waals surface area contributed by atoms with E-state index >= 15 is 0 Å². The molecule has 74 valence electrons. The maximum atomic E-state index is 5.69. The lowest BCUT2D eigenvalue weighted by Gasteiger charge is -1.98. The zero-order valence-corrected chi connectivity index (χ0v) is 8.93. The summed E-state index contributed by atoms with van der Waals surface area (Å²) in [5, 5.41) is 0. The molecule has 0 spiro atoms. The third-order valence-corrected chi connectivity index (χ3v) is 2.14. The van der Waals surface area contributed by atoms with Gasteiger partial charge in [0.2, 0.25) is 0 Å². The molecule has 14 heavy (non-hydrogen) atoms. The molecule has 0 aliphatic rings. The van der Waals surface area contributed by atoms with Crippen LogP contribution in [0.25, 0.3) is 0 Å². The summed E-state index contributed by atoms with van der Waals surface area (Å²) in [7, 11) is 0. The Hall–Kier alpha value is -1.42. The van der Waals surface area contributed by atoms with Gasteiger partial charge in [-0.3, -0.25) is 0 Å². The quantitative estimate of drug-likeness (QED) is 0.429. The highest BCUT2D eigenvalue weighted by Gasteiger charge is 1.93. The second kappa shape index (κ2) is 5.34. The Morgan fingerprint density at radius 2 is 2.14 bits per heavy atom. The van der Waals surface area contributed by atoms with Crippen molar-refractivity contribution in [1.29, 1.82) is 0 Å². The number of benzene rings is 1. The molecule has 1 aromatic carbocycles. The molecule has 1 aromatic rings. The number of unbranched alkanes of at least 4 members (excludes halogenated alkanes) is 2. The Bertz CT molecular complexity index is 355. The minimum Gasteiger partial charge on any atom is -0.399 e. The van der Waals surface area contributed by atoms with E-state index in [1.54, 1.807) is 0 Å². The summed E-state index contributed by atoms with van der Waals surface area (Å²) in [6.45, 7) is 4.23. The van der Waals surface area contributed by atoms with Gasteiger partial charge in [-0.15, -0.1) is 0 Å². The standard InChI is InChI=1S/C13H17N/c1-3-4-5-6-7-12-10-13(14)9-8-11(12)2/h8-10H,3-5,14H2,1-2H3. The van der Waals surface area contributed by atoms with Crippen LogP contribution < -0.4 is 5.73 Å². The molecular formula is C13H17N. The van der Waals surface area contributed by atoms with Crippen molar-refractivity contribution in [1.82, 2.24) is 0 Å². The van der Waals surface area contributed by atoms with Crippen LogP contribution in [0.3, 0.4) is 0 Å². The normalized spacial score (nSPS) is 9.29. The average Bonchev–Trinajstić information content (AvgIpc) is 2.18. The van der Waals surface area contributed by atoms with E-state index < -0.39 is 0 Å². The predicted octanol–water partition coefficient (Wildman–Crippen LogP) is 3.12. The summed E-state index contributed by atoms with van der Waals surface area (Å²) in [6, 6.07) is 5.86. The van der Waals surface area contributed by atoms with Gasteiger partial charge in [-0.2, -0.15) is 0 Å². The molecule has 1 heteroatoms. The van der Waals surface area contributed by atoms with Crippen molar-refractivity contribution in [2.45, 2.75) is 33.1 Å². The topological polar surface area (TPSA) is 26.0 Å². The largest absolute Gasteiger partial charge is 0.399 e. The van der Waals surface area contributed by atoms with Gasteiger partial charge in [0.1, 0.15) is 0 Å². The van der Waals surface area contributed by atoms with Crippen LogP contribution in [0.1, 0.15) is 37.3 Å². The maximum Gasteiger partial charge on any atom is 0.0326 e. The fourth-order valence-corrected chi connectivity index (χ4v) is 1.20. The van der Waals surface area contributed by atoms with Gasteiger partial charge in [-0.25, -0.2) is 0 Å². The van der Waals surface area contributed by atoms with Crippen molar-refractivity contribution in [3.8, 4) is 11.8 Å². The molecule has 0 aromatic heterocycles. The van der Waals surface area contributed by atoms with Crippen LogP contribution in [-0.4, -0.2) is 0 Å². The fraction of sp³-hybridized carbons (Fsp3) is 0.385. The highest BCUT2D eigenvalue weighted by molar-refractivity contribution is 5.51. The van der Waals surface area contributed by atoms with E-state index in [9.17, 15) is 0 Å². The lowest BCUT2D eigenvalue weighted by Crippen LogP contribution is -1.88. The summed E-state index contributed by atoms with van der Waals surface area (Å²) < 4.78 is 0. The van der Waals surface area contributed by atoms with Crippen molar-refractivity contribution in [3.05, 3.63) is 29.3 Å². The highest BCUT2D eigenvalue weighted by Crippen LogP contribution is 2.11. The Morgan fingerprint density at radius 1 is 1.36 bits per heavy atom. The first-order chi connectivity index (χ1) is 6.74. The third kappa shape index (κ3) is 3.14. The molecule has 0 atom stereocenters. The summed E-state index contributed by atoms with van der Waals surface area (Å²) in [5.41, 5.74) is 8.73. The molecule has 0 amide bonds. The second-order valence-electron chi connectivity index (χ2n) is 3.48. The minimum absolute atomic E-state index is 0.787. The number of aryl methyl sites for hydroxylation is 1. The second-order valence-corrected chi connectivity index (χ2v) is 3.48. The number of hydrogen-bond acceptors (Lipinski definition) is 1. The number of nitrogen functional groups attached to an aromatic ring is 1. The lowest BCUT2D eigenvalue weighted by molar-refractivity contribution is 0.828. The van der Waals surface area contributed by atoms with Crippen molar-refractivity contribution < 1.29 is 0 Å². The van der Waals surface area contributed by atoms with Crippen molar-refractivity contribution in [2.24, 2.45) is 0 Å². The smallest absolute Gasteiger partial charge is 0.0326 e. The van der Waals surface area contributed by atoms with Crippen LogP contribution in [0.4, 0.5) is 5.69 Å². The van der Waals surface area contributed by atoms with E-state index in [2.05, 4.69) is 25.7 Å². The SMILES string of the molecule is CCCCC#Cc1cc(N)ccc1C. The molecule has 0 saturated heterocycles. The van der Waals surface area contributed by atoms with E-state index in [4.69, 9.17) is 5.73 Å². The van der Waals surface area contributed by atoms with Crippen LogP contribution in [0.2, 0.25) is 0 Å². The van der Waals surface area contributed by atoms with Crippen LogP contribution in [0, 0.1) is 18.8 Å². The average molecular weight is 187 g/mol. The fourth-order valence-electron chi connectivity index (χ4n) is 1.20. The van der Waals surface area contributed by atoms with Gasteiger partial charge < -0.3 is 5.73 Å². The molecule has 0 unspecified atom stereocenters. The molecule has 0 bridgehead atoms. The third-order valence-electron chi connectivity index (χ3n) is 2.14. The number of hydrogen-bond donors (Lipinski definition) is 1. The first-order valence-corrected chi connectivity index (χ1v) is 5.09. The lowest BCUT2D eigenvalue weighted by atomic mass is 10.1. The molecule has 0 radical (unpaired) electrons. The number of anilines is 1. The van der Waals surface area contributed by atoms with Gasteiger partial charge in [0.25, 0.3) is 0 Å². The van der Waals surface area contributed by atoms with E-state index in [1.165, 1.54) is 18.4 Å². The van der Waals surface area contributed by atoms with Crippen LogP contribution >= 0.6 is 0 Å². The van der Waals surface area contributed by atoms with Gasteiger partial charge in [0, 0.05) is 17.7 Å². The van der Waals surface area contributed by atoms with Gasteiger partial charge >= 0.3 is 0 Å². The Balaban J connectivity index is 2.73. The van der Waals surface area contributed by atoms with Crippen LogP contribution in [0.5, 0.6) is 0 Å². The maximum absolute atomic E-state index is 5.69. The Morgan fingerprint density at radius 3 is 2.86 bits per heavy atom. The molecule has 0 aliphatic carbocycles. The molecule has 1 nitrogen and oxygen atoms in total. The number of nitrogens with two attached hydrogens (primary N) is 1. The highest BCUT2D eigenvalue weighted by atomic mass is 14.5. The van der Waals surface area contributed by atoms with Crippen LogP contribution in [0.15, 0.2) is 18.2 Å². The van der Waals surface area contributed by atoms with Gasteiger partial charge in [0.15, 0.2) is 0 Å². The molecule has 0 heterocycles. The van der Waals surface area contributed by atoms with Crippen molar-refractivity contribution >= 4 is 5.69 Å². The summed E-state index contributed by atoms with van der Waals surface area (Å²) in [6.07, 6.45) is 3.35. The summed E-state index contributed by atoms with van der Waals surface area (Å²) in [4.78, 5) is 0. The molecule has 0 fully saturated rings. The van der Waals surface area contributed by atoms with E-state index in [-0.39, 0.29) is 0 Å². The van der Waals surface area contributed by atoms with Crippen molar-refractivity contribution in [3.63, 3.8) is 0 Å². The van der Waals surface area contributed by atoms with Gasteiger partial charge in [-0.05, 0) is 31.0 Å². The summed E-state index contributed by atoms with van der Waals surface area (Å²) >= 11 is 0. The Kier molecular flexibility index (Phi) is 4.07. The van der Waals surface area contributed by atoms with E-state index in [0.717, 1.165) is 17.7 Å². The van der Waals surface area contributed by atoms with E-state index in [0.29, 0.717) is 0 Å². The predicted molar refractivity (Wildman–Crippen MR) is 62.0 cm³/mol. The van der Waals surface area contributed by atoms with Gasteiger partial charge in [-0.1, -0.05) is 31.3 Å². The number of rotatable bonds is 2. The zero-order chi connectivity index (χ0) is 10.4. The molecule has 0 aliphatic heterocycles.